The quantitative estimate of drug-likeness (QED) is 0.739. The number of ether oxygens (including phenoxy) is 1. The largest absolute Gasteiger partial charge is 0.465 e. The van der Waals surface area contributed by atoms with Gasteiger partial charge in [-0.3, -0.25) is 14.5 Å². The minimum Gasteiger partial charge on any atom is -0.465 e. The molecule has 2 amide bonds. The Morgan fingerprint density at radius 2 is 2.00 bits per heavy atom. The van der Waals surface area contributed by atoms with Crippen LogP contribution in [-0.2, 0) is 20.9 Å². The number of rotatable bonds is 6. The van der Waals surface area contributed by atoms with E-state index in [1.54, 1.807) is 24.3 Å². The first-order valence-electron chi connectivity index (χ1n) is 8.39. The van der Waals surface area contributed by atoms with Gasteiger partial charge in [-0.05, 0) is 31.5 Å². The molecule has 0 aromatic heterocycles. The van der Waals surface area contributed by atoms with Crippen LogP contribution in [0, 0.1) is 0 Å². The van der Waals surface area contributed by atoms with Crippen LogP contribution < -0.4 is 10.6 Å². The van der Waals surface area contributed by atoms with Crippen LogP contribution in [0.5, 0.6) is 0 Å². The lowest BCUT2D eigenvalue weighted by Crippen LogP contribution is -2.58. The molecule has 0 radical (unpaired) electrons. The van der Waals surface area contributed by atoms with Crippen molar-refractivity contribution in [3.63, 3.8) is 0 Å². The summed E-state index contributed by atoms with van der Waals surface area (Å²) in [5.74, 6) is -0.671. The Hall–Kier alpha value is -2.41. The van der Waals surface area contributed by atoms with Crippen LogP contribution >= 0.6 is 0 Å². The van der Waals surface area contributed by atoms with Crippen LogP contribution in [0.25, 0.3) is 0 Å². The molecule has 1 aliphatic rings. The van der Waals surface area contributed by atoms with Crippen molar-refractivity contribution < 1.29 is 19.1 Å². The Bertz CT molecular complexity index is 628. The van der Waals surface area contributed by atoms with E-state index >= 15 is 0 Å². The monoisotopic (exact) mass is 347 g/mol. The van der Waals surface area contributed by atoms with Gasteiger partial charge in [0, 0.05) is 25.7 Å². The van der Waals surface area contributed by atoms with Gasteiger partial charge in [0.25, 0.3) is 0 Å². The van der Waals surface area contributed by atoms with Gasteiger partial charge >= 0.3 is 5.97 Å². The molecular weight excluding hydrogens is 322 g/mol. The summed E-state index contributed by atoms with van der Waals surface area (Å²) in [6, 6.07) is 6.61. The van der Waals surface area contributed by atoms with Crippen LogP contribution in [0.1, 0.15) is 36.2 Å². The number of piperazine rings is 1. The van der Waals surface area contributed by atoms with Gasteiger partial charge in [-0.1, -0.05) is 12.1 Å². The molecule has 136 valence electrons. The van der Waals surface area contributed by atoms with Gasteiger partial charge in [0.15, 0.2) is 0 Å². The molecule has 1 atom stereocenters. The molecule has 0 saturated carbocycles. The van der Waals surface area contributed by atoms with Crippen LogP contribution in [0.4, 0.5) is 0 Å². The number of esters is 1. The molecule has 1 heterocycles. The fraction of sp³-hybridized carbons (Fsp3) is 0.500. The Balaban J connectivity index is 1.89. The van der Waals surface area contributed by atoms with Gasteiger partial charge in [-0.2, -0.15) is 0 Å². The molecule has 25 heavy (non-hydrogen) atoms. The zero-order valence-corrected chi connectivity index (χ0v) is 14.9. The van der Waals surface area contributed by atoms with Gasteiger partial charge in [-0.15, -0.1) is 0 Å². The van der Waals surface area contributed by atoms with E-state index in [0.717, 1.165) is 12.1 Å². The average Bonchev–Trinajstić information content (AvgIpc) is 2.61. The second-order valence-electron chi connectivity index (χ2n) is 6.31. The molecule has 2 N–H and O–H groups in total. The third-order valence-electron chi connectivity index (χ3n) is 4.28. The highest BCUT2D eigenvalue weighted by atomic mass is 16.5. The molecule has 1 aliphatic heterocycles. The van der Waals surface area contributed by atoms with E-state index in [4.69, 9.17) is 0 Å². The third-order valence-corrected chi connectivity index (χ3v) is 4.28. The summed E-state index contributed by atoms with van der Waals surface area (Å²) in [6.45, 7) is 5.74. The maximum atomic E-state index is 12.2. The smallest absolute Gasteiger partial charge is 0.337 e. The van der Waals surface area contributed by atoms with E-state index in [0.29, 0.717) is 18.7 Å². The van der Waals surface area contributed by atoms with E-state index in [9.17, 15) is 14.4 Å². The number of carbonyl (C=O) groups is 3. The van der Waals surface area contributed by atoms with Crippen molar-refractivity contribution in [3.8, 4) is 0 Å². The summed E-state index contributed by atoms with van der Waals surface area (Å²) in [5, 5.41) is 5.64. The van der Waals surface area contributed by atoms with Crippen LogP contribution in [0.2, 0.25) is 0 Å². The molecule has 7 heteroatoms. The average molecular weight is 347 g/mol. The minimum atomic E-state index is -0.435. The predicted octanol–water partition coefficient (Wildman–Crippen LogP) is 0.688. The number of hydrogen-bond acceptors (Lipinski definition) is 5. The van der Waals surface area contributed by atoms with Crippen LogP contribution in [0.15, 0.2) is 24.3 Å². The van der Waals surface area contributed by atoms with E-state index in [-0.39, 0.29) is 24.3 Å². The van der Waals surface area contributed by atoms with E-state index < -0.39 is 12.0 Å². The first-order chi connectivity index (χ1) is 11.9. The second kappa shape index (κ2) is 8.62. The van der Waals surface area contributed by atoms with E-state index in [1.807, 2.05) is 18.7 Å². The zero-order chi connectivity index (χ0) is 18.4. The van der Waals surface area contributed by atoms with Gasteiger partial charge in [-0.25, -0.2) is 4.79 Å². The Morgan fingerprint density at radius 1 is 1.32 bits per heavy atom. The van der Waals surface area contributed by atoms with Crippen molar-refractivity contribution in [2.45, 2.75) is 38.9 Å². The normalized spacial score (nSPS) is 17.9. The lowest BCUT2D eigenvalue weighted by molar-refractivity contribution is -0.134. The molecule has 2 rings (SSSR count). The fourth-order valence-corrected chi connectivity index (χ4v) is 2.89. The predicted molar refractivity (Wildman–Crippen MR) is 92.9 cm³/mol. The summed E-state index contributed by atoms with van der Waals surface area (Å²) < 4.78 is 4.65. The number of hydrogen-bond donors (Lipinski definition) is 2. The van der Waals surface area contributed by atoms with Crippen molar-refractivity contribution in [1.82, 2.24) is 15.5 Å². The van der Waals surface area contributed by atoms with Gasteiger partial charge in [0.2, 0.25) is 11.8 Å². The molecule has 0 bridgehead atoms. The van der Waals surface area contributed by atoms with Gasteiger partial charge < -0.3 is 15.4 Å². The number of carbonyl (C=O) groups excluding carboxylic acids is 3. The minimum absolute atomic E-state index is 0.0995. The highest BCUT2D eigenvalue weighted by Gasteiger charge is 2.32. The SMILES string of the molecule is COC(=O)c1ccc(CNC(=O)C[C@@H]2C(=O)NCCN2C(C)C)cc1. The van der Waals surface area contributed by atoms with Crippen molar-refractivity contribution >= 4 is 17.8 Å². The number of nitrogens with one attached hydrogen (secondary N) is 2. The third kappa shape index (κ3) is 5.03. The number of benzene rings is 1. The zero-order valence-electron chi connectivity index (χ0n) is 14.9. The van der Waals surface area contributed by atoms with E-state index in [2.05, 4.69) is 15.4 Å². The lowest BCUT2D eigenvalue weighted by atomic mass is 10.1. The molecule has 1 saturated heterocycles. The summed E-state index contributed by atoms with van der Waals surface area (Å²) in [5.41, 5.74) is 1.33. The summed E-state index contributed by atoms with van der Waals surface area (Å²) >= 11 is 0. The Labute approximate surface area is 147 Å². The summed E-state index contributed by atoms with van der Waals surface area (Å²) in [7, 11) is 1.33. The first-order valence-corrected chi connectivity index (χ1v) is 8.39. The maximum absolute atomic E-state index is 12.2. The first kappa shape index (κ1) is 18.9. The highest BCUT2D eigenvalue weighted by molar-refractivity contribution is 5.89. The van der Waals surface area contributed by atoms with Crippen molar-refractivity contribution in [3.05, 3.63) is 35.4 Å². The number of amides is 2. The van der Waals surface area contributed by atoms with Gasteiger partial charge in [0.1, 0.15) is 0 Å². The second-order valence-corrected chi connectivity index (χ2v) is 6.31. The Morgan fingerprint density at radius 3 is 2.60 bits per heavy atom. The summed E-state index contributed by atoms with van der Waals surface area (Å²) in [4.78, 5) is 37.7. The number of methoxy groups -OCH3 is 1. The standard InChI is InChI=1S/C18H25N3O4/c1-12(2)21-9-8-19-17(23)15(21)10-16(22)20-11-13-4-6-14(7-5-13)18(24)25-3/h4-7,12,15H,8-11H2,1-3H3,(H,19,23)(H,20,22)/t15-/m1/s1. The van der Waals surface area contributed by atoms with Gasteiger partial charge in [0.05, 0.1) is 25.1 Å². The molecule has 0 aliphatic carbocycles. The van der Waals surface area contributed by atoms with E-state index in [1.165, 1.54) is 7.11 Å². The molecular formula is C18H25N3O4. The van der Waals surface area contributed by atoms with Crippen molar-refractivity contribution in [2.24, 2.45) is 0 Å². The fourth-order valence-electron chi connectivity index (χ4n) is 2.89. The molecule has 0 spiro atoms. The topological polar surface area (TPSA) is 87.7 Å². The molecule has 1 fully saturated rings. The molecule has 1 aromatic rings. The highest BCUT2D eigenvalue weighted by Crippen LogP contribution is 2.13. The molecule has 7 nitrogen and oxygen atoms in total. The molecule has 1 aromatic carbocycles. The van der Waals surface area contributed by atoms with Crippen molar-refractivity contribution in [2.75, 3.05) is 20.2 Å². The van der Waals surface area contributed by atoms with Crippen molar-refractivity contribution in [1.29, 1.82) is 0 Å². The lowest BCUT2D eigenvalue weighted by Gasteiger charge is -2.37. The number of nitrogens with zero attached hydrogens (tertiary/aromatic N) is 1. The maximum Gasteiger partial charge on any atom is 0.337 e. The Kier molecular flexibility index (Phi) is 6.52. The van der Waals surface area contributed by atoms with Crippen LogP contribution in [0.3, 0.4) is 0 Å². The summed E-state index contributed by atoms with van der Waals surface area (Å²) in [6.07, 6.45) is 0.129. The van der Waals surface area contributed by atoms with Crippen LogP contribution in [-0.4, -0.2) is 55.0 Å². The molecule has 0 unspecified atom stereocenters.